The molecule has 0 unspecified atom stereocenters. The summed E-state index contributed by atoms with van der Waals surface area (Å²) in [6.45, 7) is 0.489. The van der Waals surface area contributed by atoms with Crippen LogP contribution in [0.25, 0.3) is 5.69 Å². The first kappa shape index (κ1) is 15.1. The fourth-order valence-electron chi connectivity index (χ4n) is 5.91. The van der Waals surface area contributed by atoms with Crippen LogP contribution in [-0.2, 0) is 11.3 Å². The maximum atomic E-state index is 13.1. The van der Waals surface area contributed by atoms with Gasteiger partial charge in [0.25, 0.3) is 0 Å². The number of carbonyl (C=O) groups excluding carboxylic acids is 1. The third kappa shape index (κ3) is 2.57. The molecule has 25 heavy (non-hydrogen) atoms. The normalized spacial score (nSPS) is 32.7. The van der Waals surface area contributed by atoms with Crippen molar-refractivity contribution >= 4 is 5.91 Å². The van der Waals surface area contributed by atoms with E-state index >= 15 is 0 Å². The highest BCUT2D eigenvalue weighted by atomic mass is 16.2. The largest absolute Gasteiger partial charge is 0.350 e. The Morgan fingerprint density at radius 3 is 2.36 bits per heavy atom. The topological polar surface area (TPSA) is 59.8 Å². The molecule has 1 amide bonds. The predicted octanol–water partition coefficient (Wildman–Crippen LogP) is 3.10. The molecule has 5 nitrogen and oxygen atoms in total. The molecule has 0 atom stereocenters. The van der Waals surface area contributed by atoms with E-state index in [0.29, 0.717) is 6.54 Å². The number of hydrogen-bond acceptors (Lipinski definition) is 3. The first-order chi connectivity index (χ1) is 12.2. The van der Waals surface area contributed by atoms with Crippen molar-refractivity contribution in [3.05, 3.63) is 42.2 Å². The Morgan fingerprint density at radius 1 is 1.08 bits per heavy atom. The van der Waals surface area contributed by atoms with Gasteiger partial charge in [0, 0.05) is 5.41 Å². The van der Waals surface area contributed by atoms with Crippen LogP contribution in [-0.4, -0.2) is 20.9 Å². The molecule has 0 radical (unpaired) electrons. The molecule has 1 aromatic heterocycles. The van der Waals surface area contributed by atoms with Gasteiger partial charge < -0.3 is 5.32 Å². The average Bonchev–Trinajstić information content (AvgIpc) is 3.08. The van der Waals surface area contributed by atoms with Gasteiger partial charge in [0.15, 0.2) is 0 Å². The van der Waals surface area contributed by atoms with Crippen LogP contribution >= 0.6 is 0 Å². The van der Waals surface area contributed by atoms with Crippen molar-refractivity contribution in [3.8, 4) is 5.69 Å². The third-order valence-electron chi connectivity index (χ3n) is 6.57. The fraction of sp³-hybridized carbons (Fsp3) is 0.550. The van der Waals surface area contributed by atoms with Gasteiger partial charge >= 0.3 is 0 Å². The number of nitrogens with one attached hydrogen (secondary N) is 1. The maximum Gasteiger partial charge on any atom is 0.226 e. The number of hydrogen-bond donors (Lipinski definition) is 1. The van der Waals surface area contributed by atoms with Crippen molar-refractivity contribution in [1.82, 2.24) is 20.3 Å². The van der Waals surface area contributed by atoms with Crippen LogP contribution < -0.4 is 5.32 Å². The zero-order chi connectivity index (χ0) is 16.9. The maximum absolute atomic E-state index is 13.1. The summed E-state index contributed by atoms with van der Waals surface area (Å²) in [6.07, 6.45) is 9.11. The standard InChI is InChI=1S/C20H24N4O/c25-19(20-9-14-6-15(10-20)8-16(7-14)11-20)21-12-18-13-22-23-24(18)17-4-2-1-3-5-17/h1-5,13-16H,6-12H2,(H,21,25). The van der Waals surface area contributed by atoms with E-state index in [9.17, 15) is 4.79 Å². The summed E-state index contributed by atoms with van der Waals surface area (Å²) in [5, 5.41) is 11.4. The molecule has 5 heteroatoms. The molecule has 1 heterocycles. The van der Waals surface area contributed by atoms with Gasteiger partial charge in [-0.25, -0.2) is 4.68 Å². The lowest BCUT2D eigenvalue weighted by Gasteiger charge is -2.55. The molecule has 4 aliphatic carbocycles. The molecule has 4 bridgehead atoms. The van der Waals surface area contributed by atoms with E-state index < -0.39 is 0 Å². The highest BCUT2D eigenvalue weighted by molar-refractivity contribution is 5.83. The Morgan fingerprint density at radius 2 is 1.72 bits per heavy atom. The molecule has 130 valence electrons. The van der Waals surface area contributed by atoms with E-state index in [-0.39, 0.29) is 11.3 Å². The van der Waals surface area contributed by atoms with Crippen molar-refractivity contribution in [2.24, 2.45) is 23.2 Å². The van der Waals surface area contributed by atoms with E-state index in [2.05, 4.69) is 15.6 Å². The van der Waals surface area contributed by atoms with E-state index in [4.69, 9.17) is 0 Å². The Hall–Kier alpha value is -2.17. The van der Waals surface area contributed by atoms with Crippen LogP contribution in [0.1, 0.15) is 44.2 Å². The Balaban J connectivity index is 1.31. The minimum Gasteiger partial charge on any atom is -0.350 e. The quantitative estimate of drug-likeness (QED) is 0.933. The monoisotopic (exact) mass is 336 g/mol. The number of carbonyl (C=O) groups is 1. The Bertz CT molecular complexity index is 747. The summed E-state index contributed by atoms with van der Waals surface area (Å²) in [6, 6.07) is 9.94. The van der Waals surface area contributed by atoms with Crippen molar-refractivity contribution in [1.29, 1.82) is 0 Å². The predicted molar refractivity (Wildman–Crippen MR) is 93.8 cm³/mol. The van der Waals surface area contributed by atoms with Crippen molar-refractivity contribution in [3.63, 3.8) is 0 Å². The Kier molecular flexibility index (Phi) is 3.43. The van der Waals surface area contributed by atoms with Gasteiger partial charge in [0.05, 0.1) is 24.1 Å². The van der Waals surface area contributed by atoms with Crippen LogP contribution in [0, 0.1) is 23.2 Å². The number of amides is 1. The van der Waals surface area contributed by atoms with Crippen molar-refractivity contribution in [2.45, 2.75) is 45.1 Å². The summed E-state index contributed by atoms with van der Waals surface area (Å²) in [7, 11) is 0. The van der Waals surface area contributed by atoms with E-state index in [1.165, 1.54) is 19.3 Å². The summed E-state index contributed by atoms with van der Waals surface area (Å²) in [4.78, 5) is 13.1. The Labute approximate surface area is 147 Å². The number of benzene rings is 1. The number of rotatable bonds is 4. The van der Waals surface area contributed by atoms with Crippen molar-refractivity contribution < 1.29 is 4.79 Å². The molecular formula is C20H24N4O. The molecule has 0 saturated heterocycles. The molecule has 0 spiro atoms. The van der Waals surface area contributed by atoms with Gasteiger partial charge in [-0.1, -0.05) is 23.4 Å². The summed E-state index contributed by atoms with van der Waals surface area (Å²) < 4.78 is 1.81. The second-order valence-electron chi connectivity index (χ2n) is 8.35. The van der Waals surface area contributed by atoms with Crippen LogP contribution in [0.2, 0.25) is 0 Å². The molecule has 4 saturated carbocycles. The van der Waals surface area contributed by atoms with Gasteiger partial charge in [0.1, 0.15) is 0 Å². The number of aromatic nitrogens is 3. The lowest BCUT2D eigenvalue weighted by molar-refractivity contribution is -0.146. The molecule has 2 aromatic rings. The zero-order valence-electron chi connectivity index (χ0n) is 14.4. The second-order valence-corrected chi connectivity index (χ2v) is 8.35. The van der Waals surface area contributed by atoms with Crippen LogP contribution in [0.4, 0.5) is 0 Å². The molecule has 4 aliphatic rings. The van der Waals surface area contributed by atoms with Gasteiger partial charge in [-0.05, 0) is 68.4 Å². The van der Waals surface area contributed by atoms with Gasteiger partial charge in [0.2, 0.25) is 5.91 Å². The summed E-state index contributed by atoms with van der Waals surface area (Å²) in [5.74, 6) is 2.61. The molecule has 1 aromatic carbocycles. The molecule has 0 aliphatic heterocycles. The second kappa shape index (κ2) is 5.68. The average molecular weight is 336 g/mol. The van der Waals surface area contributed by atoms with Crippen molar-refractivity contribution in [2.75, 3.05) is 0 Å². The minimum absolute atomic E-state index is 0.0974. The van der Waals surface area contributed by atoms with E-state index in [1.807, 2.05) is 30.3 Å². The highest BCUT2D eigenvalue weighted by Crippen LogP contribution is 2.60. The molecule has 1 N–H and O–H groups in total. The molecule has 6 rings (SSSR count). The third-order valence-corrected chi connectivity index (χ3v) is 6.57. The first-order valence-electron chi connectivity index (χ1n) is 9.45. The summed E-state index contributed by atoms with van der Waals surface area (Å²) in [5.41, 5.74) is 1.79. The zero-order valence-corrected chi connectivity index (χ0v) is 14.4. The van der Waals surface area contributed by atoms with Gasteiger partial charge in [-0.2, -0.15) is 0 Å². The number of para-hydroxylation sites is 1. The van der Waals surface area contributed by atoms with Gasteiger partial charge in [-0.15, -0.1) is 5.10 Å². The lowest BCUT2D eigenvalue weighted by Crippen LogP contribution is -2.53. The van der Waals surface area contributed by atoms with Crippen LogP contribution in [0.5, 0.6) is 0 Å². The van der Waals surface area contributed by atoms with E-state index in [1.54, 1.807) is 10.9 Å². The highest BCUT2D eigenvalue weighted by Gasteiger charge is 2.54. The van der Waals surface area contributed by atoms with Crippen LogP contribution in [0.15, 0.2) is 36.5 Å². The molecular weight excluding hydrogens is 312 g/mol. The summed E-state index contributed by atoms with van der Waals surface area (Å²) >= 11 is 0. The number of nitrogens with zero attached hydrogens (tertiary/aromatic N) is 3. The van der Waals surface area contributed by atoms with Gasteiger partial charge in [-0.3, -0.25) is 4.79 Å². The SMILES string of the molecule is O=C(NCc1cnnn1-c1ccccc1)C12CC3CC(CC(C3)C1)C2. The van der Waals surface area contributed by atoms with E-state index in [0.717, 1.165) is 48.4 Å². The smallest absolute Gasteiger partial charge is 0.226 e. The molecule has 4 fully saturated rings. The first-order valence-corrected chi connectivity index (χ1v) is 9.45. The van der Waals surface area contributed by atoms with Crippen LogP contribution in [0.3, 0.4) is 0 Å². The fourth-order valence-corrected chi connectivity index (χ4v) is 5.91. The minimum atomic E-state index is -0.0974. The lowest BCUT2D eigenvalue weighted by atomic mass is 9.49.